The van der Waals surface area contributed by atoms with E-state index in [0.29, 0.717) is 51.9 Å². The van der Waals surface area contributed by atoms with Crippen LogP contribution in [0.15, 0.2) is 24.5 Å². The maximum Gasteiger partial charge on any atom is 0.227 e. The largest absolute Gasteiger partial charge is 0.320 e. The summed E-state index contributed by atoms with van der Waals surface area (Å²) in [6, 6.07) is 3.89. The summed E-state index contributed by atoms with van der Waals surface area (Å²) < 4.78 is 40.1. The number of anilines is 2. The van der Waals surface area contributed by atoms with Gasteiger partial charge in [-0.15, -0.1) is 0 Å². The van der Waals surface area contributed by atoms with Crippen molar-refractivity contribution in [1.82, 2.24) is 24.6 Å². The van der Waals surface area contributed by atoms with Gasteiger partial charge < -0.3 is 5.32 Å². The Balaban J connectivity index is 1.22. The Kier molecular flexibility index (Phi) is 5.47. The van der Waals surface area contributed by atoms with Gasteiger partial charge >= 0.3 is 0 Å². The van der Waals surface area contributed by atoms with Crippen LogP contribution >= 0.6 is 23.2 Å². The first-order valence-corrected chi connectivity index (χ1v) is 13.9. The van der Waals surface area contributed by atoms with E-state index in [2.05, 4.69) is 20.4 Å². The van der Waals surface area contributed by atoms with Crippen LogP contribution in [-0.4, -0.2) is 69.9 Å². The van der Waals surface area contributed by atoms with Gasteiger partial charge in [0.25, 0.3) is 0 Å². The molecule has 6 rings (SSSR count). The van der Waals surface area contributed by atoms with Crippen molar-refractivity contribution in [3.8, 4) is 0 Å². The third kappa shape index (κ3) is 4.14. The summed E-state index contributed by atoms with van der Waals surface area (Å²) >= 11 is 13.0. The molecule has 12 heteroatoms. The van der Waals surface area contributed by atoms with E-state index in [1.807, 2.05) is 11.0 Å². The lowest BCUT2D eigenvalue weighted by Gasteiger charge is -2.42. The van der Waals surface area contributed by atoms with Crippen molar-refractivity contribution in [3.05, 3.63) is 40.3 Å². The minimum absolute atomic E-state index is 0.0752. The predicted molar refractivity (Wildman–Crippen MR) is 130 cm³/mol. The zero-order valence-electron chi connectivity index (χ0n) is 18.2. The molecule has 0 amide bonds. The van der Waals surface area contributed by atoms with Gasteiger partial charge in [0, 0.05) is 35.1 Å². The molecule has 3 fully saturated rings. The molecule has 2 atom stereocenters. The molecule has 3 aromatic rings. The molecule has 1 aromatic carbocycles. The Morgan fingerprint density at radius 3 is 2.59 bits per heavy atom. The van der Waals surface area contributed by atoms with Crippen molar-refractivity contribution in [2.75, 3.05) is 29.9 Å². The zero-order chi connectivity index (χ0) is 23.6. The van der Waals surface area contributed by atoms with Crippen LogP contribution < -0.4 is 5.32 Å². The molecule has 2 unspecified atom stereocenters. The van der Waals surface area contributed by atoms with Crippen molar-refractivity contribution in [1.29, 1.82) is 0 Å². The summed E-state index contributed by atoms with van der Waals surface area (Å²) in [5, 5.41) is 9.23. The number of fused-ring (bicyclic) bond motifs is 1. The average molecular weight is 525 g/mol. The second-order valence-electron chi connectivity index (χ2n) is 9.41. The zero-order valence-corrected chi connectivity index (χ0v) is 20.5. The van der Waals surface area contributed by atoms with E-state index < -0.39 is 16.0 Å². The summed E-state index contributed by atoms with van der Waals surface area (Å²) in [6.45, 7) is 0.846. The minimum atomic E-state index is -2.94. The monoisotopic (exact) mass is 524 g/mol. The number of hydrogen-bond acceptors (Lipinski definition) is 7. The van der Waals surface area contributed by atoms with E-state index in [1.54, 1.807) is 23.1 Å². The van der Waals surface area contributed by atoms with Crippen LogP contribution in [0.3, 0.4) is 0 Å². The summed E-state index contributed by atoms with van der Waals surface area (Å²) in [7, 11) is -2.94. The molecule has 2 aromatic heterocycles. The van der Waals surface area contributed by atoms with Gasteiger partial charge in [0.05, 0.1) is 34.9 Å². The highest BCUT2D eigenvalue weighted by molar-refractivity contribution is 7.92. The topological polar surface area (TPSA) is 93.0 Å². The van der Waals surface area contributed by atoms with Crippen molar-refractivity contribution in [3.63, 3.8) is 0 Å². The molecule has 1 aliphatic carbocycles. The SMILES string of the molecule is O=S1(=O)CC(N2CCC(c3cc4nc(Nc5cnn(C6CC6)c5Cl)ncc4cc3Cl)C(F)C2)C1. The third-order valence-corrected chi connectivity index (χ3v) is 9.44. The Morgan fingerprint density at radius 2 is 1.88 bits per heavy atom. The molecule has 34 heavy (non-hydrogen) atoms. The predicted octanol–water partition coefficient (Wildman–Crippen LogP) is 4.14. The van der Waals surface area contributed by atoms with E-state index in [4.69, 9.17) is 23.2 Å². The van der Waals surface area contributed by atoms with E-state index in [-0.39, 0.29) is 30.0 Å². The first-order valence-electron chi connectivity index (χ1n) is 11.3. The number of halogens is 3. The van der Waals surface area contributed by atoms with Crippen molar-refractivity contribution in [2.24, 2.45) is 0 Å². The lowest BCUT2D eigenvalue weighted by molar-refractivity contribution is 0.0912. The van der Waals surface area contributed by atoms with E-state index in [0.717, 1.165) is 18.2 Å². The molecule has 0 radical (unpaired) electrons. The molecule has 4 heterocycles. The summed E-state index contributed by atoms with van der Waals surface area (Å²) in [5.74, 6) is 0.243. The molecule has 1 N–H and O–H groups in total. The normalized spacial score (nSPS) is 25.4. The third-order valence-electron chi connectivity index (χ3n) is 6.95. The second kappa shape index (κ2) is 8.29. The lowest BCUT2D eigenvalue weighted by Crippen LogP contribution is -2.57. The highest BCUT2D eigenvalue weighted by atomic mass is 35.5. The molecule has 180 valence electrons. The highest BCUT2D eigenvalue weighted by Gasteiger charge is 2.42. The van der Waals surface area contributed by atoms with Crippen LogP contribution in [0.1, 0.15) is 36.8 Å². The average Bonchev–Trinajstić information content (AvgIpc) is 3.56. The minimum Gasteiger partial charge on any atom is -0.320 e. The summed E-state index contributed by atoms with van der Waals surface area (Å²) in [6.07, 6.45) is 4.91. The highest BCUT2D eigenvalue weighted by Crippen LogP contribution is 2.40. The van der Waals surface area contributed by atoms with Gasteiger partial charge in [0.1, 0.15) is 6.17 Å². The Hall–Kier alpha value is -2.01. The molecule has 2 aliphatic heterocycles. The van der Waals surface area contributed by atoms with E-state index in [1.165, 1.54) is 0 Å². The van der Waals surface area contributed by atoms with Crippen LogP contribution in [0.4, 0.5) is 16.0 Å². The standard InChI is InChI=1S/C22H23Cl2FN6O2S/c23-17-5-12-7-26-22(29-20-8-27-31(21(20)24)13-1-2-13)28-19(12)6-16(17)15-3-4-30(9-18(15)25)14-10-34(32,33)11-14/h5-8,13-15,18H,1-4,9-11H2,(H,26,28,29). The number of alkyl halides is 1. The first-order chi connectivity index (χ1) is 16.3. The number of likely N-dealkylation sites (tertiary alicyclic amines) is 1. The van der Waals surface area contributed by atoms with Crippen LogP contribution in [0.2, 0.25) is 10.2 Å². The van der Waals surface area contributed by atoms with Crippen molar-refractivity contribution >= 4 is 55.6 Å². The van der Waals surface area contributed by atoms with Crippen LogP contribution in [0.25, 0.3) is 10.9 Å². The van der Waals surface area contributed by atoms with Gasteiger partial charge in [-0.1, -0.05) is 23.2 Å². The first kappa shape index (κ1) is 22.5. The van der Waals surface area contributed by atoms with Crippen LogP contribution in [0.5, 0.6) is 0 Å². The van der Waals surface area contributed by atoms with Crippen molar-refractivity contribution in [2.45, 2.75) is 43.4 Å². The molecule has 8 nitrogen and oxygen atoms in total. The maximum absolute atomic E-state index is 15.2. The molecule has 0 bridgehead atoms. The van der Waals surface area contributed by atoms with Gasteiger partial charge in [0.15, 0.2) is 15.0 Å². The number of nitrogens with one attached hydrogen (secondary N) is 1. The van der Waals surface area contributed by atoms with E-state index in [9.17, 15) is 8.42 Å². The maximum atomic E-state index is 15.2. The molecule has 2 saturated heterocycles. The van der Waals surface area contributed by atoms with Gasteiger partial charge in [-0.2, -0.15) is 5.10 Å². The van der Waals surface area contributed by atoms with Gasteiger partial charge in [0.2, 0.25) is 5.95 Å². The summed E-state index contributed by atoms with van der Waals surface area (Å²) in [4.78, 5) is 10.9. The number of piperidine rings is 1. The fourth-order valence-corrected chi connectivity index (χ4v) is 6.98. The second-order valence-corrected chi connectivity index (χ2v) is 12.3. The van der Waals surface area contributed by atoms with Gasteiger partial charge in [-0.25, -0.2) is 27.5 Å². The molecular weight excluding hydrogens is 502 g/mol. The van der Waals surface area contributed by atoms with Crippen molar-refractivity contribution < 1.29 is 12.8 Å². The number of sulfone groups is 1. The molecule has 1 saturated carbocycles. The number of rotatable bonds is 5. The van der Waals surface area contributed by atoms with Crippen LogP contribution in [-0.2, 0) is 9.84 Å². The van der Waals surface area contributed by atoms with Gasteiger partial charge in [-0.3, -0.25) is 4.90 Å². The fourth-order valence-electron chi connectivity index (χ4n) is 4.90. The number of benzene rings is 1. The molecule has 3 aliphatic rings. The van der Waals surface area contributed by atoms with Gasteiger partial charge in [-0.05, 0) is 43.5 Å². The van der Waals surface area contributed by atoms with E-state index >= 15 is 4.39 Å². The molecule has 0 spiro atoms. The Morgan fingerprint density at radius 1 is 1.09 bits per heavy atom. The van der Waals surface area contributed by atoms with Crippen LogP contribution in [0, 0.1) is 0 Å². The summed E-state index contributed by atoms with van der Waals surface area (Å²) in [5.41, 5.74) is 2.01. The lowest BCUT2D eigenvalue weighted by atomic mass is 9.87. The molecular formula is C22H23Cl2FN6O2S. The fraction of sp³-hybridized carbons (Fsp3) is 0.500. The smallest absolute Gasteiger partial charge is 0.227 e. The number of aromatic nitrogens is 4. The Bertz CT molecular complexity index is 1370. The number of hydrogen-bond donors (Lipinski definition) is 1. The Labute approximate surface area is 206 Å². The quantitative estimate of drug-likeness (QED) is 0.536. The number of nitrogens with zero attached hydrogens (tertiary/aromatic N) is 5.